The van der Waals surface area contributed by atoms with Gasteiger partial charge in [0.1, 0.15) is 0 Å². The standard InChI is InChI=1S/C19H32N2O3.ClH/c1-7-19(8-2,12-20)18(22)21-14(5)15-9-10-16(24-13(3)4)17(11-15)23-6;/h9-11,13-14H,7-8,12,20H2,1-6H3,(H,21,22);1H. The number of benzene rings is 1. The Balaban J connectivity index is 0.00000576. The van der Waals surface area contributed by atoms with Crippen molar-refractivity contribution in [3.05, 3.63) is 23.8 Å². The zero-order valence-corrected chi connectivity index (χ0v) is 17.0. The average molecular weight is 373 g/mol. The predicted molar refractivity (Wildman–Crippen MR) is 105 cm³/mol. The molecule has 144 valence electrons. The van der Waals surface area contributed by atoms with Gasteiger partial charge >= 0.3 is 0 Å². The molecule has 0 fully saturated rings. The lowest BCUT2D eigenvalue weighted by atomic mass is 9.81. The topological polar surface area (TPSA) is 73.6 Å². The van der Waals surface area contributed by atoms with Crippen LogP contribution in [0.15, 0.2) is 18.2 Å². The van der Waals surface area contributed by atoms with Crippen LogP contribution in [0.3, 0.4) is 0 Å². The molecule has 25 heavy (non-hydrogen) atoms. The van der Waals surface area contributed by atoms with Gasteiger partial charge in [-0.25, -0.2) is 0 Å². The van der Waals surface area contributed by atoms with Crippen LogP contribution in [-0.4, -0.2) is 25.7 Å². The number of ether oxygens (including phenoxy) is 2. The molecular formula is C19H33ClN2O3. The van der Waals surface area contributed by atoms with Crippen molar-refractivity contribution in [2.75, 3.05) is 13.7 Å². The van der Waals surface area contributed by atoms with Crippen molar-refractivity contribution < 1.29 is 14.3 Å². The summed E-state index contributed by atoms with van der Waals surface area (Å²) in [7, 11) is 1.61. The van der Waals surface area contributed by atoms with Gasteiger partial charge in [-0.2, -0.15) is 0 Å². The van der Waals surface area contributed by atoms with Crippen molar-refractivity contribution >= 4 is 18.3 Å². The van der Waals surface area contributed by atoms with Gasteiger partial charge in [-0.1, -0.05) is 19.9 Å². The number of amides is 1. The lowest BCUT2D eigenvalue weighted by molar-refractivity contribution is -0.131. The summed E-state index contributed by atoms with van der Waals surface area (Å²) >= 11 is 0. The summed E-state index contributed by atoms with van der Waals surface area (Å²) in [5, 5.41) is 3.09. The van der Waals surface area contributed by atoms with Crippen molar-refractivity contribution in [3.8, 4) is 11.5 Å². The van der Waals surface area contributed by atoms with Crippen LogP contribution in [0.1, 0.15) is 59.1 Å². The molecule has 0 saturated heterocycles. The largest absolute Gasteiger partial charge is 0.493 e. The van der Waals surface area contributed by atoms with Crippen molar-refractivity contribution in [1.82, 2.24) is 5.32 Å². The zero-order chi connectivity index (χ0) is 18.3. The summed E-state index contributed by atoms with van der Waals surface area (Å²) < 4.78 is 11.1. The first kappa shape index (κ1) is 23.5. The number of hydrogen-bond acceptors (Lipinski definition) is 4. The Hall–Kier alpha value is -1.46. The molecule has 1 rings (SSSR count). The number of carbonyl (C=O) groups is 1. The average Bonchev–Trinajstić information content (AvgIpc) is 2.56. The van der Waals surface area contributed by atoms with Gasteiger partial charge in [-0.3, -0.25) is 4.79 Å². The third-order valence-electron chi connectivity index (χ3n) is 4.62. The van der Waals surface area contributed by atoms with Crippen LogP contribution in [0.5, 0.6) is 11.5 Å². The molecule has 0 radical (unpaired) electrons. The molecule has 0 aliphatic carbocycles. The summed E-state index contributed by atoms with van der Waals surface area (Å²) in [4.78, 5) is 12.7. The summed E-state index contributed by atoms with van der Waals surface area (Å²) in [6.07, 6.45) is 1.52. The Morgan fingerprint density at radius 2 is 1.80 bits per heavy atom. The second-order valence-corrected chi connectivity index (χ2v) is 6.46. The first-order valence-corrected chi connectivity index (χ1v) is 8.69. The maximum Gasteiger partial charge on any atom is 0.227 e. The zero-order valence-electron chi connectivity index (χ0n) is 16.2. The Bertz CT molecular complexity index is 537. The number of nitrogens with two attached hydrogens (primary N) is 1. The van der Waals surface area contributed by atoms with Gasteiger partial charge in [0.25, 0.3) is 0 Å². The van der Waals surface area contributed by atoms with Gasteiger partial charge in [0.05, 0.1) is 24.7 Å². The fourth-order valence-corrected chi connectivity index (χ4v) is 2.69. The third-order valence-corrected chi connectivity index (χ3v) is 4.62. The molecule has 6 heteroatoms. The van der Waals surface area contributed by atoms with Gasteiger partial charge in [-0.05, 0) is 51.3 Å². The van der Waals surface area contributed by atoms with Crippen molar-refractivity contribution in [3.63, 3.8) is 0 Å². The van der Waals surface area contributed by atoms with Crippen molar-refractivity contribution in [2.45, 2.75) is 59.6 Å². The highest BCUT2D eigenvalue weighted by Crippen LogP contribution is 2.32. The molecule has 0 aliphatic heterocycles. The molecule has 1 amide bonds. The maximum absolute atomic E-state index is 12.7. The summed E-state index contributed by atoms with van der Waals surface area (Å²) in [5.74, 6) is 1.37. The molecule has 1 aromatic carbocycles. The van der Waals surface area contributed by atoms with Crippen molar-refractivity contribution in [2.24, 2.45) is 11.1 Å². The van der Waals surface area contributed by atoms with E-state index in [1.165, 1.54) is 0 Å². The Morgan fingerprint density at radius 3 is 2.24 bits per heavy atom. The van der Waals surface area contributed by atoms with Crippen LogP contribution in [0.2, 0.25) is 0 Å². The molecule has 1 aromatic rings. The van der Waals surface area contributed by atoms with Crippen molar-refractivity contribution in [1.29, 1.82) is 0 Å². The smallest absolute Gasteiger partial charge is 0.227 e. The SMILES string of the molecule is CCC(CC)(CN)C(=O)NC(C)c1ccc(OC(C)C)c(OC)c1.Cl. The summed E-state index contributed by atoms with van der Waals surface area (Å²) in [6, 6.07) is 5.60. The quantitative estimate of drug-likeness (QED) is 0.690. The molecule has 0 bridgehead atoms. The van der Waals surface area contributed by atoms with Crippen LogP contribution >= 0.6 is 12.4 Å². The second kappa shape index (κ2) is 10.5. The molecule has 0 aromatic heterocycles. The van der Waals surface area contributed by atoms with E-state index in [2.05, 4.69) is 5.32 Å². The van der Waals surface area contributed by atoms with E-state index in [0.717, 1.165) is 18.4 Å². The van der Waals surface area contributed by atoms with Gasteiger partial charge in [0.2, 0.25) is 5.91 Å². The minimum atomic E-state index is -0.501. The summed E-state index contributed by atoms with van der Waals surface area (Å²) in [5.41, 5.74) is 6.32. The van der Waals surface area contributed by atoms with Crippen LogP contribution in [0.25, 0.3) is 0 Å². The molecule has 3 N–H and O–H groups in total. The fraction of sp³-hybridized carbons (Fsp3) is 0.632. The van der Waals surface area contributed by atoms with E-state index < -0.39 is 5.41 Å². The van der Waals surface area contributed by atoms with Gasteiger partial charge in [0.15, 0.2) is 11.5 Å². The fourth-order valence-electron chi connectivity index (χ4n) is 2.69. The normalized spacial score (nSPS) is 12.3. The first-order valence-electron chi connectivity index (χ1n) is 8.69. The van der Waals surface area contributed by atoms with E-state index in [4.69, 9.17) is 15.2 Å². The van der Waals surface area contributed by atoms with Crippen LogP contribution < -0.4 is 20.5 Å². The predicted octanol–water partition coefficient (Wildman–Crippen LogP) is 3.85. The Labute approximate surface area is 158 Å². The number of hydrogen-bond donors (Lipinski definition) is 2. The lowest BCUT2D eigenvalue weighted by Gasteiger charge is -2.30. The van der Waals surface area contributed by atoms with Gasteiger partial charge in [-0.15, -0.1) is 12.4 Å². The Morgan fingerprint density at radius 1 is 1.20 bits per heavy atom. The molecule has 1 atom stereocenters. The Kier molecular flexibility index (Phi) is 9.90. The number of halogens is 1. The molecular weight excluding hydrogens is 340 g/mol. The van der Waals surface area contributed by atoms with Crippen LogP contribution in [0.4, 0.5) is 0 Å². The number of carbonyl (C=O) groups excluding carboxylic acids is 1. The van der Waals surface area contributed by atoms with Gasteiger partial charge < -0.3 is 20.5 Å². The number of methoxy groups -OCH3 is 1. The summed E-state index contributed by atoms with van der Waals surface area (Å²) in [6.45, 7) is 10.3. The van der Waals surface area contributed by atoms with Crippen LogP contribution in [-0.2, 0) is 4.79 Å². The number of nitrogens with one attached hydrogen (secondary N) is 1. The number of rotatable bonds is 9. The highest BCUT2D eigenvalue weighted by atomic mass is 35.5. The third kappa shape index (κ3) is 5.79. The lowest BCUT2D eigenvalue weighted by Crippen LogP contribution is -2.46. The first-order chi connectivity index (χ1) is 11.3. The monoisotopic (exact) mass is 372 g/mol. The van der Waals surface area contributed by atoms with E-state index in [1.807, 2.05) is 52.8 Å². The van der Waals surface area contributed by atoms with Gasteiger partial charge in [0, 0.05) is 6.54 Å². The second-order valence-electron chi connectivity index (χ2n) is 6.46. The van der Waals surface area contributed by atoms with E-state index in [9.17, 15) is 4.79 Å². The van der Waals surface area contributed by atoms with E-state index >= 15 is 0 Å². The van der Waals surface area contributed by atoms with E-state index in [-0.39, 0.29) is 30.5 Å². The molecule has 0 spiro atoms. The van der Waals surface area contributed by atoms with E-state index in [0.29, 0.717) is 18.0 Å². The van der Waals surface area contributed by atoms with Crippen LogP contribution in [0, 0.1) is 5.41 Å². The molecule has 5 nitrogen and oxygen atoms in total. The molecule has 0 heterocycles. The maximum atomic E-state index is 12.7. The molecule has 1 unspecified atom stereocenters. The highest BCUT2D eigenvalue weighted by Gasteiger charge is 2.34. The minimum Gasteiger partial charge on any atom is -0.493 e. The van der Waals surface area contributed by atoms with E-state index in [1.54, 1.807) is 7.11 Å². The molecule has 0 aliphatic rings. The highest BCUT2D eigenvalue weighted by molar-refractivity contribution is 5.85. The minimum absolute atomic E-state index is 0. The molecule has 0 saturated carbocycles.